The fourth-order valence-corrected chi connectivity index (χ4v) is 1.78. The monoisotopic (exact) mass is 233 g/mol. The maximum atomic E-state index is 10.2. The van der Waals surface area contributed by atoms with Gasteiger partial charge in [0.2, 0.25) is 0 Å². The van der Waals surface area contributed by atoms with Gasteiger partial charge in [-0.15, -0.1) is 0 Å². The Bertz CT molecular complexity index is 422. The van der Waals surface area contributed by atoms with Crippen LogP contribution in [0.3, 0.4) is 0 Å². The van der Waals surface area contributed by atoms with Crippen molar-refractivity contribution in [2.75, 3.05) is 25.1 Å². The minimum absolute atomic E-state index is 0.429. The van der Waals surface area contributed by atoms with Crippen LogP contribution < -0.4 is 5.32 Å². The minimum atomic E-state index is -0.734. The highest BCUT2D eigenvalue weighted by Crippen LogP contribution is 2.20. The standard InChI is InChI=1S/C12H15N3O2/c13-8-10-1-4-14-11(7-10)15-9-12(16)2-5-17-6-3-12/h1,4,7,16H,2-3,5-6,9H2,(H,14,15). The number of ether oxygens (including phenoxy) is 1. The smallest absolute Gasteiger partial charge is 0.127 e. The fraction of sp³-hybridized carbons (Fsp3) is 0.500. The van der Waals surface area contributed by atoms with Gasteiger partial charge in [0.15, 0.2) is 0 Å². The first-order valence-electron chi connectivity index (χ1n) is 5.62. The van der Waals surface area contributed by atoms with Gasteiger partial charge in [0.05, 0.1) is 17.2 Å². The molecular weight excluding hydrogens is 218 g/mol. The predicted molar refractivity (Wildman–Crippen MR) is 62.4 cm³/mol. The fourth-order valence-electron chi connectivity index (χ4n) is 1.78. The summed E-state index contributed by atoms with van der Waals surface area (Å²) in [6.07, 6.45) is 2.82. The lowest BCUT2D eigenvalue weighted by Gasteiger charge is -2.32. The summed E-state index contributed by atoms with van der Waals surface area (Å²) in [7, 11) is 0. The zero-order valence-corrected chi connectivity index (χ0v) is 9.52. The van der Waals surface area contributed by atoms with Crippen molar-refractivity contribution in [3.63, 3.8) is 0 Å². The van der Waals surface area contributed by atoms with Gasteiger partial charge < -0.3 is 15.2 Å². The Kier molecular flexibility index (Phi) is 3.57. The molecule has 2 N–H and O–H groups in total. The van der Waals surface area contributed by atoms with Crippen molar-refractivity contribution in [1.82, 2.24) is 4.98 Å². The second-order valence-electron chi connectivity index (χ2n) is 4.23. The van der Waals surface area contributed by atoms with E-state index in [0.717, 1.165) is 0 Å². The molecule has 5 heteroatoms. The van der Waals surface area contributed by atoms with E-state index < -0.39 is 5.60 Å². The largest absolute Gasteiger partial charge is 0.388 e. The van der Waals surface area contributed by atoms with Gasteiger partial charge in [-0.2, -0.15) is 5.26 Å². The Labute approximate surface area is 100 Å². The quantitative estimate of drug-likeness (QED) is 0.811. The van der Waals surface area contributed by atoms with Crippen molar-refractivity contribution in [1.29, 1.82) is 5.26 Å². The third-order valence-electron chi connectivity index (χ3n) is 2.91. The molecule has 17 heavy (non-hydrogen) atoms. The average Bonchev–Trinajstić information content (AvgIpc) is 2.38. The van der Waals surface area contributed by atoms with Crippen LogP contribution in [0.2, 0.25) is 0 Å². The number of hydrogen-bond donors (Lipinski definition) is 2. The van der Waals surface area contributed by atoms with E-state index in [-0.39, 0.29) is 0 Å². The van der Waals surface area contributed by atoms with Crippen LogP contribution in [0.15, 0.2) is 18.3 Å². The summed E-state index contributed by atoms with van der Waals surface area (Å²) < 4.78 is 5.21. The van der Waals surface area contributed by atoms with E-state index in [9.17, 15) is 5.11 Å². The summed E-state index contributed by atoms with van der Waals surface area (Å²) in [5.74, 6) is 0.615. The van der Waals surface area contributed by atoms with Gasteiger partial charge in [-0.25, -0.2) is 4.98 Å². The number of nitriles is 1. The van der Waals surface area contributed by atoms with Crippen LogP contribution in [0.5, 0.6) is 0 Å². The van der Waals surface area contributed by atoms with E-state index in [1.165, 1.54) is 0 Å². The first kappa shape index (κ1) is 11.8. The van der Waals surface area contributed by atoms with Crippen LogP contribution in [0.1, 0.15) is 18.4 Å². The number of nitrogens with zero attached hydrogens (tertiary/aromatic N) is 2. The van der Waals surface area contributed by atoms with Crippen molar-refractivity contribution in [3.05, 3.63) is 23.9 Å². The van der Waals surface area contributed by atoms with E-state index in [4.69, 9.17) is 10.00 Å². The SMILES string of the molecule is N#Cc1ccnc(NCC2(O)CCOCC2)c1. The number of hydrogen-bond acceptors (Lipinski definition) is 5. The number of aliphatic hydroxyl groups is 1. The van der Waals surface area contributed by atoms with Crippen molar-refractivity contribution >= 4 is 5.82 Å². The van der Waals surface area contributed by atoms with Crippen molar-refractivity contribution in [2.45, 2.75) is 18.4 Å². The van der Waals surface area contributed by atoms with Crippen LogP contribution >= 0.6 is 0 Å². The summed E-state index contributed by atoms with van der Waals surface area (Å²) in [5, 5.41) is 22.0. The Hall–Kier alpha value is -1.64. The lowest BCUT2D eigenvalue weighted by Crippen LogP contribution is -2.42. The highest BCUT2D eigenvalue weighted by Gasteiger charge is 2.29. The molecular formula is C12H15N3O2. The van der Waals surface area contributed by atoms with Gasteiger partial charge >= 0.3 is 0 Å². The van der Waals surface area contributed by atoms with Crippen molar-refractivity contribution in [2.24, 2.45) is 0 Å². The second kappa shape index (κ2) is 5.13. The summed E-state index contributed by atoms with van der Waals surface area (Å²) >= 11 is 0. The molecule has 0 aromatic carbocycles. The minimum Gasteiger partial charge on any atom is -0.388 e. The van der Waals surface area contributed by atoms with Gasteiger partial charge in [0.1, 0.15) is 5.82 Å². The molecule has 0 radical (unpaired) electrons. The molecule has 0 aliphatic carbocycles. The topological polar surface area (TPSA) is 78.2 Å². The lowest BCUT2D eigenvalue weighted by atomic mass is 9.94. The molecule has 5 nitrogen and oxygen atoms in total. The van der Waals surface area contributed by atoms with E-state index >= 15 is 0 Å². The number of pyridine rings is 1. The van der Waals surface area contributed by atoms with E-state index in [2.05, 4.69) is 16.4 Å². The van der Waals surface area contributed by atoms with Crippen LogP contribution in [-0.4, -0.2) is 35.5 Å². The predicted octanol–water partition coefficient (Wildman–Crippen LogP) is 0.907. The summed E-state index contributed by atoms with van der Waals surface area (Å²) in [4.78, 5) is 4.10. The highest BCUT2D eigenvalue weighted by molar-refractivity contribution is 5.42. The van der Waals surface area contributed by atoms with Crippen molar-refractivity contribution < 1.29 is 9.84 Å². The summed E-state index contributed by atoms with van der Waals surface area (Å²) in [6, 6.07) is 5.37. The maximum absolute atomic E-state index is 10.2. The number of anilines is 1. The molecule has 1 fully saturated rings. The summed E-state index contributed by atoms with van der Waals surface area (Å²) in [6.45, 7) is 1.60. The molecule has 0 amide bonds. The number of aromatic nitrogens is 1. The third-order valence-corrected chi connectivity index (χ3v) is 2.91. The van der Waals surface area contributed by atoms with Crippen LogP contribution in [-0.2, 0) is 4.74 Å². The van der Waals surface area contributed by atoms with Crippen LogP contribution in [0, 0.1) is 11.3 Å². The molecule has 0 bridgehead atoms. The molecule has 1 aliphatic rings. The molecule has 0 saturated carbocycles. The Morgan fingerprint density at radius 1 is 1.53 bits per heavy atom. The van der Waals surface area contributed by atoms with Gasteiger partial charge in [0.25, 0.3) is 0 Å². The Morgan fingerprint density at radius 2 is 2.29 bits per heavy atom. The summed E-state index contributed by atoms with van der Waals surface area (Å²) in [5.41, 5.74) is -0.177. The molecule has 1 aliphatic heterocycles. The average molecular weight is 233 g/mol. The number of nitrogens with one attached hydrogen (secondary N) is 1. The second-order valence-corrected chi connectivity index (χ2v) is 4.23. The lowest BCUT2D eigenvalue weighted by molar-refractivity contribution is -0.0543. The Balaban J connectivity index is 1.95. The first-order chi connectivity index (χ1) is 8.22. The molecule has 1 saturated heterocycles. The van der Waals surface area contributed by atoms with E-state index in [0.29, 0.717) is 44.0 Å². The molecule has 0 spiro atoms. The van der Waals surface area contributed by atoms with Crippen LogP contribution in [0.25, 0.3) is 0 Å². The molecule has 1 aromatic rings. The van der Waals surface area contributed by atoms with Gasteiger partial charge in [-0.3, -0.25) is 0 Å². The molecule has 90 valence electrons. The van der Waals surface area contributed by atoms with Gasteiger partial charge in [0, 0.05) is 38.8 Å². The van der Waals surface area contributed by atoms with Gasteiger partial charge in [-0.05, 0) is 12.1 Å². The van der Waals surface area contributed by atoms with Gasteiger partial charge in [-0.1, -0.05) is 0 Å². The zero-order chi connectivity index (χ0) is 12.1. The molecule has 2 rings (SSSR count). The third kappa shape index (κ3) is 3.16. The van der Waals surface area contributed by atoms with Crippen LogP contribution in [0.4, 0.5) is 5.82 Å². The number of rotatable bonds is 3. The van der Waals surface area contributed by atoms with Crippen molar-refractivity contribution in [3.8, 4) is 6.07 Å². The zero-order valence-electron chi connectivity index (χ0n) is 9.52. The van der Waals surface area contributed by atoms with E-state index in [1.807, 2.05) is 0 Å². The molecule has 2 heterocycles. The normalized spacial score (nSPS) is 18.4. The van der Waals surface area contributed by atoms with E-state index in [1.54, 1.807) is 18.3 Å². The Morgan fingerprint density at radius 3 is 3.00 bits per heavy atom. The first-order valence-corrected chi connectivity index (χ1v) is 5.62. The highest BCUT2D eigenvalue weighted by atomic mass is 16.5. The molecule has 0 atom stereocenters. The maximum Gasteiger partial charge on any atom is 0.127 e. The molecule has 0 unspecified atom stereocenters. The molecule has 1 aromatic heterocycles.